The molecule has 33 heavy (non-hydrogen) atoms. The maximum atomic E-state index is 12.6. The number of esters is 1. The van der Waals surface area contributed by atoms with E-state index in [1.165, 1.54) is 39.4 Å². The lowest BCUT2D eigenvalue weighted by Crippen LogP contribution is -2.42. The van der Waals surface area contributed by atoms with Crippen molar-refractivity contribution in [1.29, 1.82) is 0 Å². The summed E-state index contributed by atoms with van der Waals surface area (Å²) in [6, 6.07) is 9.94. The molecule has 0 radical (unpaired) electrons. The predicted molar refractivity (Wildman–Crippen MR) is 120 cm³/mol. The summed E-state index contributed by atoms with van der Waals surface area (Å²) in [7, 11) is 2.65. The van der Waals surface area contributed by atoms with Gasteiger partial charge >= 0.3 is 5.97 Å². The van der Waals surface area contributed by atoms with Crippen molar-refractivity contribution in [3.8, 4) is 11.5 Å². The zero-order valence-corrected chi connectivity index (χ0v) is 18.8. The van der Waals surface area contributed by atoms with Crippen LogP contribution in [0.4, 0.5) is 10.5 Å². The molecular formula is C22H20N2O8S. The number of nitro groups is 1. The third-order valence-electron chi connectivity index (χ3n) is 4.78. The minimum atomic E-state index is -1.03. The number of non-ortho nitro benzene ring substituents is 1. The number of imide groups is 1. The number of hydrogen-bond acceptors (Lipinski definition) is 9. The van der Waals surface area contributed by atoms with Gasteiger partial charge in [-0.15, -0.1) is 0 Å². The Balaban J connectivity index is 1.74. The topological polar surface area (TPSA) is 125 Å². The number of benzene rings is 2. The van der Waals surface area contributed by atoms with E-state index in [9.17, 15) is 24.5 Å². The van der Waals surface area contributed by atoms with E-state index in [1.807, 2.05) is 0 Å². The Labute approximate surface area is 193 Å². The summed E-state index contributed by atoms with van der Waals surface area (Å²) >= 11 is 0.732. The fourth-order valence-electron chi connectivity index (χ4n) is 3.01. The van der Waals surface area contributed by atoms with Gasteiger partial charge in [-0.2, -0.15) is 0 Å². The van der Waals surface area contributed by atoms with Crippen molar-refractivity contribution in [1.82, 2.24) is 4.90 Å². The summed E-state index contributed by atoms with van der Waals surface area (Å²) in [5.74, 6) is -0.441. The van der Waals surface area contributed by atoms with Crippen molar-refractivity contribution >= 4 is 40.6 Å². The highest BCUT2D eigenvalue weighted by Gasteiger charge is 2.41. The molecule has 1 atom stereocenters. The van der Waals surface area contributed by atoms with Crippen molar-refractivity contribution in [3.63, 3.8) is 0 Å². The number of rotatable bonds is 8. The van der Waals surface area contributed by atoms with Gasteiger partial charge in [0.15, 0.2) is 11.5 Å². The van der Waals surface area contributed by atoms with Crippen LogP contribution < -0.4 is 9.47 Å². The number of nitro benzene ring substituents is 1. The Morgan fingerprint density at radius 2 is 1.85 bits per heavy atom. The van der Waals surface area contributed by atoms with E-state index < -0.39 is 28.1 Å². The third-order valence-corrected chi connectivity index (χ3v) is 5.66. The van der Waals surface area contributed by atoms with E-state index in [0.717, 1.165) is 22.2 Å². The molecule has 11 heteroatoms. The molecule has 10 nitrogen and oxygen atoms in total. The highest BCUT2D eigenvalue weighted by molar-refractivity contribution is 8.18. The molecule has 3 rings (SSSR count). The van der Waals surface area contributed by atoms with Crippen LogP contribution >= 0.6 is 11.8 Å². The van der Waals surface area contributed by atoms with Crippen LogP contribution in [0.25, 0.3) is 6.08 Å². The Morgan fingerprint density at radius 1 is 1.15 bits per heavy atom. The van der Waals surface area contributed by atoms with Gasteiger partial charge in [0.2, 0.25) is 0 Å². The van der Waals surface area contributed by atoms with Gasteiger partial charge in [-0.25, -0.2) is 4.79 Å². The monoisotopic (exact) mass is 472 g/mol. The van der Waals surface area contributed by atoms with Gasteiger partial charge in [-0.1, -0.05) is 6.07 Å². The Morgan fingerprint density at radius 3 is 2.45 bits per heavy atom. The van der Waals surface area contributed by atoms with Crippen LogP contribution in [0.2, 0.25) is 0 Å². The minimum absolute atomic E-state index is 0.00826. The molecule has 0 N–H and O–H groups in total. The molecule has 0 saturated carbocycles. The molecule has 2 aromatic rings. The maximum absolute atomic E-state index is 12.6. The average Bonchev–Trinajstić information content (AvgIpc) is 3.09. The third kappa shape index (κ3) is 5.32. The lowest BCUT2D eigenvalue weighted by atomic mass is 10.1. The lowest BCUT2D eigenvalue weighted by Gasteiger charge is -2.18. The molecule has 1 aliphatic heterocycles. The molecule has 1 aliphatic rings. The normalized spacial score (nSPS) is 15.5. The highest BCUT2D eigenvalue weighted by Crippen LogP contribution is 2.35. The largest absolute Gasteiger partial charge is 0.493 e. The molecule has 0 aliphatic carbocycles. The number of nitrogens with zero attached hydrogens (tertiary/aromatic N) is 2. The SMILES string of the molecule is COC(=O)[C@H](C)N1C(=O)S/C(=C/c2ccc(OCc3ccc([N+](=O)[O-])cc3)c(OC)c2)C1=O. The van der Waals surface area contributed by atoms with Gasteiger partial charge in [0.1, 0.15) is 12.6 Å². The molecule has 0 aromatic heterocycles. The molecule has 2 amide bonds. The average molecular weight is 472 g/mol. The van der Waals surface area contributed by atoms with Crippen LogP contribution in [-0.2, 0) is 20.9 Å². The lowest BCUT2D eigenvalue weighted by molar-refractivity contribution is -0.384. The first-order chi connectivity index (χ1) is 15.7. The first-order valence-corrected chi connectivity index (χ1v) is 10.5. The van der Waals surface area contributed by atoms with Crippen LogP contribution in [0.15, 0.2) is 47.4 Å². The molecule has 1 heterocycles. The van der Waals surface area contributed by atoms with Crippen LogP contribution in [0.5, 0.6) is 11.5 Å². The molecule has 1 fully saturated rings. The van der Waals surface area contributed by atoms with E-state index in [0.29, 0.717) is 17.1 Å². The van der Waals surface area contributed by atoms with E-state index in [2.05, 4.69) is 4.74 Å². The fourth-order valence-corrected chi connectivity index (χ4v) is 3.92. The second-order valence-electron chi connectivity index (χ2n) is 6.87. The Bertz CT molecular complexity index is 1130. The molecule has 172 valence electrons. The standard InChI is InChI=1S/C22H20N2O8S/c1-13(21(26)31-3)23-20(25)19(33-22(23)27)11-15-6-9-17(18(10-15)30-2)32-12-14-4-7-16(8-5-14)24(28)29/h4-11,13H,12H2,1-3H3/b19-11+/t13-/m0/s1. The Hall–Kier alpha value is -3.86. The van der Waals surface area contributed by atoms with E-state index in [-0.39, 0.29) is 17.2 Å². The van der Waals surface area contributed by atoms with E-state index in [4.69, 9.17) is 9.47 Å². The summed E-state index contributed by atoms with van der Waals surface area (Å²) in [5, 5.41) is 10.2. The summed E-state index contributed by atoms with van der Waals surface area (Å²) in [4.78, 5) is 47.9. The summed E-state index contributed by atoms with van der Waals surface area (Å²) in [6.07, 6.45) is 1.53. The van der Waals surface area contributed by atoms with Gasteiger partial charge in [0.25, 0.3) is 16.8 Å². The van der Waals surface area contributed by atoms with Crippen LogP contribution in [0.1, 0.15) is 18.1 Å². The van der Waals surface area contributed by atoms with E-state index in [1.54, 1.807) is 30.3 Å². The first kappa shape index (κ1) is 23.8. The number of thioether (sulfide) groups is 1. The number of ether oxygens (including phenoxy) is 3. The number of carbonyl (C=O) groups is 3. The zero-order valence-electron chi connectivity index (χ0n) is 18.0. The van der Waals surface area contributed by atoms with Crippen molar-refractivity contribution in [3.05, 3.63) is 68.6 Å². The van der Waals surface area contributed by atoms with Crippen LogP contribution in [0.3, 0.4) is 0 Å². The molecule has 0 bridgehead atoms. The van der Waals surface area contributed by atoms with Gasteiger partial charge in [-0.05, 0) is 60.2 Å². The van der Waals surface area contributed by atoms with Crippen LogP contribution in [0, 0.1) is 10.1 Å². The smallest absolute Gasteiger partial charge is 0.328 e. The van der Waals surface area contributed by atoms with Gasteiger partial charge in [-0.3, -0.25) is 24.6 Å². The van der Waals surface area contributed by atoms with Gasteiger partial charge < -0.3 is 14.2 Å². The van der Waals surface area contributed by atoms with Crippen molar-refractivity contribution < 1.29 is 33.5 Å². The second kappa shape index (κ2) is 10.2. The summed E-state index contributed by atoms with van der Waals surface area (Å²) in [5.41, 5.74) is 1.32. The zero-order chi connectivity index (χ0) is 24.1. The molecule has 0 unspecified atom stereocenters. The van der Waals surface area contributed by atoms with E-state index >= 15 is 0 Å². The number of carbonyl (C=O) groups excluding carboxylic acids is 3. The Kier molecular flexibility index (Phi) is 7.34. The van der Waals surface area contributed by atoms with Crippen molar-refractivity contribution in [2.45, 2.75) is 19.6 Å². The quantitative estimate of drug-likeness (QED) is 0.244. The fraction of sp³-hybridized carbons (Fsp3) is 0.227. The number of methoxy groups -OCH3 is 2. The summed E-state index contributed by atoms with van der Waals surface area (Å²) < 4.78 is 15.7. The van der Waals surface area contributed by atoms with Crippen molar-refractivity contribution in [2.24, 2.45) is 0 Å². The number of hydrogen-bond donors (Lipinski definition) is 0. The summed E-state index contributed by atoms with van der Waals surface area (Å²) in [6.45, 7) is 1.59. The van der Waals surface area contributed by atoms with Crippen molar-refractivity contribution in [2.75, 3.05) is 14.2 Å². The molecule has 1 saturated heterocycles. The maximum Gasteiger partial charge on any atom is 0.328 e. The highest BCUT2D eigenvalue weighted by atomic mass is 32.2. The molecule has 2 aromatic carbocycles. The number of amides is 2. The van der Waals surface area contributed by atoms with Gasteiger partial charge in [0.05, 0.1) is 24.0 Å². The molecule has 0 spiro atoms. The van der Waals surface area contributed by atoms with Crippen LogP contribution in [-0.4, -0.2) is 47.2 Å². The van der Waals surface area contributed by atoms with Gasteiger partial charge in [0, 0.05) is 12.1 Å². The predicted octanol–water partition coefficient (Wildman–Crippen LogP) is 3.78. The molecular weight excluding hydrogens is 452 g/mol. The second-order valence-corrected chi connectivity index (χ2v) is 7.87. The minimum Gasteiger partial charge on any atom is -0.493 e. The first-order valence-electron chi connectivity index (χ1n) is 9.64.